The summed E-state index contributed by atoms with van der Waals surface area (Å²) in [6, 6.07) is 1.58. The minimum absolute atomic E-state index is 0.284. The van der Waals surface area contributed by atoms with E-state index in [9.17, 15) is 8.42 Å². The van der Waals surface area contributed by atoms with Crippen molar-refractivity contribution in [3.05, 3.63) is 13.6 Å². The van der Waals surface area contributed by atoms with Gasteiger partial charge in [0.1, 0.15) is 4.90 Å². The van der Waals surface area contributed by atoms with E-state index in [0.29, 0.717) is 10.3 Å². The fourth-order valence-corrected chi connectivity index (χ4v) is 5.63. The van der Waals surface area contributed by atoms with Crippen molar-refractivity contribution in [1.82, 2.24) is 4.72 Å². The van der Waals surface area contributed by atoms with Crippen LogP contribution in [0.15, 0.2) is 18.5 Å². The summed E-state index contributed by atoms with van der Waals surface area (Å²) in [5.74, 6) is 0. The highest BCUT2D eigenvalue weighted by Crippen LogP contribution is 2.34. The molecule has 0 amide bonds. The largest absolute Gasteiger partial charge is 0.242 e. The van der Waals surface area contributed by atoms with Crippen LogP contribution in [0.3, 0.4) is 0 Å². The predicted molar refractivity (Wildman–Crippen MR) is 60.6 cm³/mol. The summed E-state index contributed by atoms with van der Waals surface area (Å²) in [5.41, 5.74) is 0. The molecule has 1 aromatic heterocycles. The Morgan fingerprint density at radius 2 is 2.15 bits per heavy atom. The summed E-state index contributed by atoms with van der Waals surface area (Å²) >= 11 is 7.75. The van der Waals surface area contributed by atoms with Crippen molar-refractivity contribution in [1.29, 1.82) is 0 Å². The second-order valence-electron chi connectivity index (χ2n) is 2.19. The van der Waals surface area contributed by atoms with E-state index in [1.807, 2.05) is 0 Å². The number of thiophene rings is 1. The van der Waals surface area contributed by atoms with Gasteiger partial charge < -0.3 is 0 Å². The third-order valence-corrected chi connectivity index (χ3v) is 5.55. The summed E-state index contributed by atoms with van der Waals surface area (Å²) in [7, 11) is -3.34. The molecule has 0 fully saturated rings. The summed E-state index contributed by atoms with van der Waals surface area (Å²) in [5, 5.41) is 0. The molecule has 1 N–H and O–H groups in total. The molecule has 1 heterocycles. The summed E-state index contributed by atoms with van der Waals surface area (Å²) < 4.78 is 26.8. The molecule has 7 heteroatoms. The monoisotopic (exact) mass is 347 g/mol. The van der Waals surface area contributed by atoms with Gasteiger partial charge in [0.15, 0.2) is 0 Å². The Labute approximate surface area is 97.8 Å². The summed E-state index contributed by atoms with van der Waals surface area (Å²) in [4.78, 5) is 0.284. The Balaban J connectivity index is 3.14. The molecule has 3 nitrogen and oxygen atoms in total. The smallest absolute Gasteiger partial charge is 0.211 e. The number of rotatable bonds is 3. The molecule has 0 aliphatic rings. The van der Waals surface area contributed by atoms with E-state index >= 15 is 0 Å². The van der Waals surface area contributed by atoms with Crippen molar-refractivity contribution < 1.29 is 8.42 Å². The van der Waals surface area contributed by atoms with Gasteiger partial charge >= 0.3 is 0 Å². The summed E-state index contributed by atoms with van der Waals surface area (Å²) in [6.07, 6.45) is 0. The maximum atomic E-state index is 11.5. The third kappa shape index (κ3) is 2.76. The van der Waals surface area contributed by atoms with E-state index in [1.165, 1.54) is 11.3 Å². The number of hydrogen-bond acceptors (Lipinski definition) is 3. The van der Waals surface area contributed by atoms with E-state index in [2.05, 4.69) is 36.6 Å². The number of hydrogen-bond donors (Lipinski definition) is 1. The first-order chi connectivity index (χ1) is 5.97. The van der Waals surface area contributed by atoms with E-state index in [-0.39, 0.29) is 4.90 Å². The lowest BCUT2D eigenvalue weighted by atomic mass is 10.7. The standard InChI is InChI=1S/C6H7Br2NO2S2/c1-2-9-13(10,11)4-3-5(7)12-6(4)8/h3,9H,2H2,1H3. The topological polar surface area (TPSA) is 46.2 Å². The number of halogens is 2. The van der Waals surface area contributed by atoms with Gasteiger partial charge in [-0.05, 0) is 37.9 Å². The van der Waals surface area contributed by atoms with Crippen LogP contribution < -0.4 is 4.72 Å². The van der Waals surface area contributed by atoms with Crippen LogP contribution in [0.2, 0.25) is 0 Å². The average molecular weight is 349 g/mol. The average Bonchev–Trinajstić information content (AvgIpc) is 2.30. The first-order valence-corrected chi connectivity index (χ1v) is 7.30. The van der Waals surface area contributed by atoms with Gasteiger partial charge in [0.05, 0.1) is 7.57 Å². The molecule has 0 aliphatic carbocycles. The first kappa shape index (κ1) is 11.6. The highest BCUT2D eigenvalue weighted by Gasteiger charge is 2.18. The molecule has 1 rings (SSSR count). The quantitative estimate of drug-likeness (QED) is 0.912. The van der Waals surface area contributed by atoms with E-state index in [1.54, 1.807) is 13.0 Å². The van der Waals surface area contributed by atoms with Gasteiger partial charge in [0, 0.05) is 6.54 Å². The van der Waals surface area contributed by atoms with Crippen LogP contribution in [0.25, 0.3) is 0 Å². The van der Waals surface area contributed by atoms with Gasteiger partial charge in [-0.3, -0.25) is 0 Å². The van der Waals surface area contributed by atoms with Crippen LogP contribution in [-0.2, 0) is 10.0 Å². The van der Waals surface area contributed by atoms with Crippen molar-refractivity contribution in [2.75, 3.05) is 6.54 Å². The SMILES string of the molecule is CCNS(=O)(=O)c1cc(Br)sc1Br. The Morgan fingerprint density at radius 3 is 2.54 bits per heavy atom. The van der Waals surface area contributed by atoms with Gasteiger partial charge in [-0.25, -0.2) is 13.1 Å². The number of nitrogens with one attached hydrogen (secondary N) is 1. The second-order valence-corrected chi connectivity index (χ2v) is 7.67. The van der Waals surface area contributed by atoms with Gasteiger partial charge in [0.2, 0.25) is 10.0 Å². The van der Waals surface area contributed by atoms with Crippen LogP contribution in [-0.4, -0.2) is 15.0 Å². The molecule has 0 bridgehead atoms. The third-order valence-electron chi connectivity index (χ3n) is 1.25. The minimum atomic E-state index is -3.34. The van der Waals surface area contributed by atoms with E-state index in [0.717, 1.165) is 3.79 Å². The van der Waals surface area contributed by atoms with Crippen molar-refractivity contribution >= 4 is 53.2 Å². The molecule has 1 aromatic rings. The molecular formula is C6H7Br2NO2S2. The van der Waals surface area contributed by atoms with Crippen LogP contribution in [0, 0.1) is 0 Å². The molecule has 74 valence electrons. The fourth-order valence-electron chi connectivity index (χ4n) is 0.776. The normalized spacial score (nSPS) is 11.9. The van der Waals surface area contributed by atoms with Crippen molar-refractivity contribution in [2.45, 2.75) is 11.8 Å². The molecule has 0 radical (unpaired) electrons. The number of sulfonamides is 1. The zero-order valence-electron chi connectivity index (χ0n) is 6.67. The molecule has 13 heavy (non-hydrogen) atoms. The summed E-state index contributed by atoms with van der Waals surface area (Å²) in [6.45, 7) is 2.13. The van der Waals surface area contributed by atoms with Crippen LogP contribution in [0.1, 0.15) is 6.92 Å². The van der Waals surface area contributed by atoms with Crippen molar-refractivity contribution in [3.63, 3.8) is 0 Å². The Morgan fingerprint density at radius 1 is 1.54 bits per heavy atom. The molecule has 0 spiro atoms. The van der Waals surface area contributed by atoms with E-state index in [4.69, 9.17) is 0 Å². The Hall–Kier alpha value is 0.570. The maximum Gasteiger partial charge on any atom is 0.242 e. The van der Waals surface area contributed by atoms with Gasteiger partial charge in [0.25, 0.3) is 0 Å². The van der Waals surface area contributed by atoms with Crippen LogP contribution in [0.4, 0.5) is 0 Å². The minimum Gasteiger partial charge on any atom is -0.211 e. The predicted octanol–water partition coefficient (Wildman–Crippen LogP) is 2.57. The van der Waals surface area contributed by atoms with Crippen LogP contribution in [0.5, 0.6) is 0 Å². The lowest BCUT2D eigenvalue weighted by Crippen LogP contribution is -2.22. The zero-order valence-corrected chi connectivity index (χ0v) is 11.5. The highest BCUT2D eigenvalue weighted by molar-refractivity contribution is 9.12. The van der Waals surface area contributed by atoms with Gasteiger partial charge in [-0.1, -0.05) is 6.92 Å². The Kier molecular flexibility index (Phi) is 3.94. The van der Waals surface area contributed by atoms with Gasteiger partial charge in [-0.15, -0.1) is 11.3 Å². The lowest BCUT2D eigenvalue weighted by molar-refractivity contribution is 0.584. The zero-order chi connectivity index (χ0) is 10.1. The van der Waals surface area contributed by atoms with Crippen molar-refractivity contribution in [2.24, 2.45) is 0 Å². The van der Waals surface area contributed by atoms with Crippen LogP contribution >= 0.6 is 43.2 Å². The molecule has 0 saturated carbocycles. The Bertz CT molecular complexity index is 399. The first-order valence-electron chi connectivity index (χ1n) is 3.42. The van der Waals surface area contributed by atoms with Gasteiger partial charge in [-0.2, -0.15) is 0 Å². The highest BCUT2D eigenvalue weighted by atomic mass is 79.9. The molecular weight excluding hydrogens is 342 g/mol. The molecule has 0 saturated heterocycles. The molecule has 0 unspecified atom stereocenters. The second kappa shape index (κ2) is 4.39. The maximum absolute atomic E-state index is 11.5. The lowest BCUT2D eigenvalue weighted by Gasteiger charge is -2.01. The molecule has 0 atom stereocenters. The molecule has 0 aliphatic heterocycles. The van der Waals surface area contributed by atoms with Crippen molar-refractivity contribution in [3.8, 4) is 0 Å². The molecule has 0 aromatic carbocycles. The van der Waals surface area contributed by atoms with E-state index < -0.39 is 10.0 Å². The fraction of sp³-hybridized carbons (Fsp3) is 0.333.